The van der Waals surface area contributed by atoms with Crippen molar-refractivity contribution in [3.8, 4) is 0 Å². The van der Waals surface area contributed by atoms with E-state index in [9.17, 15) is 9.18 Å². The fraction of sp³-hybridized carbons (Fsp3) is 0.533. The summed E-state index contributed by atoms with van der Waals surface area (Å²) in [5.41, 5.74) is 0.585. The standard InChI is InChI=1S/C15H22FNO2/c1-3-17(11-12-19-2)10-4-5-15(18)13-6-8-14(16)9-7-13/h6-9H,3-5,10-12H2,1-2H3. The van der Waals surface area contributed by atoms with E-state index in [1.54, 1.807) is 19.2 Å². The zero-order chi connectivity index (χ0) is 14.1. The van der Waals surface area contributed by atoms with Gasteiger partial charge in [0, 0.05) is 25.6 Å². The van der Waals surface area contributed by atoms with Gasteiger partial charge in [0.05, 0.1) is 6.61 Å². The highest BCUT2D eigenvalue weighted by Crippen LogP contribution is 2.07. The Morgan fingerprint density at radius 1 is 1.26 bits per heavy atom. The van der Waals surface area contributed by atoms with Crippen LogP contribution in [0.1, 0.15) is 30.1 Å². The van der Waals surface area contributed by atoms with Gasteiger partial charge in [-0.1, -0.05) is 6.92 Å². The van der Waals surface area contributed by atoms with Gasteiger partial charge in [-0.25, -0.2) is 4.39 Å². The molecule has 0 bridgehead atoms. The number of Topliss-reactive ketones (excluding diaryl/α,β-unsaturated/α-hetero) is 1. The highest BCUT2D eigenvalue weighted by atomic mass is 19.1. The smallest absolute Gasteiger partial charge is 0.162 e. The fourth-order valence-corrected chi connectivity index (χ4v) is 1.89. The van der Waals surface area contributed by atoms with Crippen molar-refractivity contribution in [2.75, 3.05) is 33.4 Å². The first-order valence-electron chi connectivity index (χ1n) is 6.67. The van der Waals surface area contributed by atoms with E-state index in [2.05, 4.69) is 11.8 Å². The molecule has 0 spiro atoms. The number of methoxy groups -OCH3 is 1. The van der Waals surface area contributed by atoms with E-state index in [1.807, 2.05) is 0 Å². The molecule has 0 N–H and O–H groups in total. The molecular formula is C15H22FNO2. The minimum absolute atomic E-state index is 0.0720. The Labute approximate surface area is 114 Å². The molecule has 0 fully saturated rings. The number of nitrogens with zero attached hydrogens (tertiary/aromatic N) is 1. The SMILES string of the molecule is CCN(CCCC(=O)c1ccc(F)cc1)CCOC. The molecule has 0 aliphatic carbocycles. The van der Waals surface area contributed by atoms with Crippen molar-refractivity contribution in [2.24, 2.45) is 0 Å². The zero-order valence-electron chi connectivity index (χ0n) is 11.7. The van der Waals surface area contributed by atoms with Crippen molar-refractivity contribution in [1.29, 1.82) is 0 Å². The summed E-state index contributed by atoms with van der Waals surface area (Å²) in [5, 5.41) is 0. The first-order chi connectivity index (χ1) is 9.17. The molecule has 0 radical (unpaired) electrons. The Morgan fingerprint density at radius 3 is 2.53 bits per heavy atom. The molecule has 0 unspecified atom stereocenters. The summed E-state index contributed by atoms with van der Waals surface area (Å²) in [7, 11) is 1.69. The summed E-state index contributed by atoms with van der Waals surface area (Å²) >= 11 is 0. The monoisotopic (exact) mass is 267 g/mol. The number of halogens is 1. The maximum absolute atomic E-state index is 12.7. The van der Waals surface area contributed by atoms with Gasteiger partial charge in [0.25, 0.3) is 0 Å². The average Bonchev–Trinajstić information content (AvgIpc) is 2.43. The predicted molar refractivity (Wildman–Crippen MR) is 74.0 cm³/mol. The Kier molecular flexibility index (Phi) is 7.30. The van der Waals surface area contributed by atoms with Crippen molar-refractivity contribution in [3.05, 3.63) is 35.6 Å². The van der Waals surface area contributed by atoms with Crippen LogP contribution < -0.4 is 0 Å². The van der Waals surface area contributed by atoms with Crippen LogP contribution in [0.25, 0.3) is 0 Å². The van der Waals surface area contributed by atoms with Gasteiger partial charge in [0.15, 0.2) is 5.78 Å². The molecule has 3 nitrogen and oxygen atoms in total. The number of carbonyl (C=O) groups excluding carboxylic acids is 1. The van der Waals surface area contributed by atoms with Gasteiger partial charge in [-0.2, -0.15) is 0 Å². The lowest BCUT2D eigenvalue weighted by molar-refractivity contribution is 0.0971. The molecule has 1 rings (SSSR count). The quantitative estimate of drug-likeness (QED) is 0.644. The number of hydrogen-bond acceptors (Lipinski definition) is 3. The van der Waals surface area contributed by atoms with E-state index >= 15 is 0 Å². The topological polar surface area (TPSA) is 29.5 Å². The van der Waals surface area contributed by atoms with Gasteiger partial charge in [-0.15, -0.1) is 0 Å². The average molecular weight is 267 g/mol. The number of rotatable bonds is 9. The third kappa shape index (κ3) is 5.94. The number of carbonyl (C=O) groups is 1. The number of hydrogen-bond donors (Lipinski definition) is 0. The molecule has 0 heterocycles. The molecule has 0 aromatic heterocycles. The summed E-state index contributed by atoms with van der Waals surface area (Å²) in [6, 6.07) is 5.73. The van der Waals surface area contributed by atoms with E-state index in [-0.39, 0.29) is 11.6 Å². The lowest BCUT2D eigenvalue weighted by Gasteiger charge is -2.19. The van der Waals surface area contributed by atoms with Gasteiger partial charge in [-0.05, 0) is 43.8 Å². The van der Waals surface area contributed by atoms with Crippen molar-refractivity contribution >= 4 is 5.78 Å². The van der Waals surface area contributed by atoms with Crippen molar-refractivity contribution in [1.82, 2.24) is 4.90 Å². The molecule has 0 amide bonds. The van der Waals surface area contributed by atoms with Gasteiger partial charge in [0.1, 0.15) is 5.82 Å². The van der Waals surface area contributed by atoms with Crippen LogP contribution in [0.4, 0.5) is 4.39 Å². The van der Waals surface area contributed by atoms with Gasteiger partial charge >= 0.3 is 0 Å². The van der Waals surface area contributed by atoms with E-state index < -0.39 is 0 Å². The lowest BCUT2D eigenvalue weighted by Crippen LogP contribution is -2.28. The summed E-state index contributed by atoms with van der Waals surface area (Å²) in [5.74, 6) is -0.240. The van der Waals surface area contributed by atoms with Crippen molar-refractivity contribution < 1.29 is 13.9 Å². The molecule has 1 aromatic rings. The second kappa shape index (κ2) is 8.77. The number of benzene rings is 1. The van der Waals surface area contributed by atoms with Crippen LogP contribution in [-0.4, -0.2) is 44.0 Å². The number of likely N-dealkylation sites (N-methyl/N-ethyl adjacent to an activating group) is 1. The third-order valence-corrected chi connectivity index (χ3v) is 3.10. The fourth-order valence-electron chi connectivity index (χ4n) is 1.89. The first kappa shape index (κ1) is 15.8. The van der Waals surface area contributed by atoms with Gasteiger partial charge in [0.2, 0.25) is 0 Å². The summed E-state index contributed by atoms with van der Waals surface area (Å²) < 4.78 is 17.8. The molecule has 0 atom stereocenters. The van der Waals surface area contributed by atoms with E-state index in [0.717, 1.165) is 26.1 Å². The number of ether oxygens (including phenoxy) is 1. The first-order valence-corrected chi connectivity index (χ1v) is 6.67. The Bertz CT molecular complexity index is 378. The molecule has 1 aromatic carbocycles. The Hall–Kier alpha value is -1.26. The molecule has 4 heteroatoms. The highest BCUT2D eigenvalue weighted by molar-refractivity contribution is 5.95. The lowest BCUT2D eigenvalue weighted by atomic mass is 10.1. The summed E-state index contributed by atoms with van der Waals surface area (Å²) in [4.78, 5) is 14.1. The second-order valence-electron chi connectivity index (χ2n) is 4.46. The molecule has 0 aliphatic heterocycles. The van der Waals surface area contributed by atoms with Crippen LogP contribution in [0.3, 0.4) is 0 Å². The minimum Gasteiger partial charge on any atom is -0.383 e. The highest BCUT2D eigenvalue weighted by Gasteiger charge is 2.07. The van der Waals surface area contributed by atoms with Crippen molar-refractivity contribution in [3.63, 3.8) is 0 Å². The number of ketones is 1. The molecule has 0 saturated carbocycles. The molecule has 0 aliphatic rings. The summed E-state index contributed by atoms with van der Waals surface area (Å²) in [6.45, 7) is 5.52. The normalized spacial score (nSPS) is 10.9. The molecule has 106 valence electrons. The van der Waals surface area contributed by atoms with Crippen LogP contribution in [0.2, 0.25) is 0 Å². The van der Waals surface area contributed by atoms with Crippen LogP contribution in [0, 0.1) is 5.82 Å². The van der Waals surface area contributed by atoms with E-state index in [4.69, 9.17) is 4.74 Å². The van der Waals surface area contributed by atoms with E-state index in [1.165, 1.54) is 12.1 Å². The minimum atomic E-state index is -0.312. The zero-order valence-corrected chi connectivity index (χ0v) is 11.7. The molecular weight excluding hydrogens is 245 g/mol. The maximum atomic E-state index is 12.7. The van der Waals surface area contributed by atoms with Crippen LogP contribution in [-0.2, 0) is 4.74 Å². The van der Waals surface area contributed by atoms with Crippen LogP contribution >= 0.6 is 0 Å². The Morgan fingerprint density at radius 2 is 1.95 bits per heavy atom. The molecule has 0 saturated heterocycles. The second-order valence-corrected chi connectivity index (χ2v) is 4.46. The van der Waals surface area contributed by atoms with Crippen molar-refractivity contribution in [2.45, 2.75) is 19.8 Å². The van der Waals surface area contributed by atoms with E-state index in [0.29, 0.717) is 18.6 Å². The third-order valence-electron chi connectivity index (χ3n) is 3.10. The Balaban J connectivity index is 2.31. The summed E-state index contributed by atoms with van der Waals surface area (Å²) in [6.07, 6.45) is 1.31. The predicted octanol–water partition coefficient (Wildman–Crippen LogP) is 2.76. The van der Waals surface area contributed by atoms with Gasteiger partial charge in [-0.3, -0.25) is 4.79 Å². The maximum Gasteiger partial charge on any atom is 0.162 e. The van der Waals surface area contributed by atoms with Crippen LogP contribution in [0.15, 0.2) is 24.3 Å². The largest absolute Gasteiger partial charge is 0.383 e. The van der Waals surface area contributed by atoms with Crippen LogP contribution in [0.5, 0.6) is 0 Å². The van der Waals surface area contributed by atoms with Gasteiger partial charge < -0.3 is 9.64 Å². The molecule has 19 heavy (non-hydrogen) atoms.